The molecule has 0 radical (unpaired) electrons. The first-order valence-corrected chi connectivity index (χ1v) is 11.3. The van der Waals surface area contributed by atoms with Gasteiger partial charge in [-0.05, 0) is 48.3 Å². The van der Waals surface area contributed by atoms with Gasteiger partial charge in [-0.3, -0.25) is 0 Å². The van der Waals surface area contributed by atoms with Crippen molar-refractivity contribution in [1.82, 2.24) is 0 Å². The van der Waals surface area contributed by atoms with Crippen LogP contribution in [0.5, 0.6) is 0 Å². The fourth-order valence-electron chi connectivity index (χ4n) is 5.31. The lowest BCUT2D eigenvalue weighted by molar-refractivity contribution is -0.0553. The number of hydrogen-bond donors (Lipinski definition) is 1. The van der Waals surface area contributed by atoms with E-state index in [0.29, 0.717) is 5.92 Å². The monoisotopic (exact) mass is 409 g/mol. The van der Waals surface area contributed by atoms with Crippen LogP contribution >= 0.6 is 0 Å². The topological polar surface area (TPSA) is 21.3 Å². The lowest BCUT2D eigenvalue weighted by atomic mass is 9.75. The van der Waals surface area contributed by atoms with Crippen LogP contribution < -0.4 is 5.32 Å². The van der Waals surface area contributed by atoms with Crippen LogP contribution in [-0.4, -0.2) is 6.23 Å². The van der Waals surface area contributed by atoms with Gasteiger partial charge < -0.3 is 10.1 Å². The predicted molar refractivity (Wildman–Crippen MR) is 128 cm³/mol. The minimum atomic E-state index is -0.639. The number of nitrogens with one attached hydrogen (secondary N) is 1. The Morgan fingerprint density at radius 3 is 2.00 bits per heavy atom. The Bertz CT molecular complexity index is 1040. The van der Waals surface area contributed by atoms with Crippen molar-refractivity contribution in [2.75, 3.05) is 5.32 Å². The van der Waals surface area contributed by atoms with E-state index in [0.717, 1.165) is 18.5 Å². The molecule has 0 fully saturated rings. The maximum absolute atomic E-state index is 7.13. The highest BCUT2D eigenvalue weighted by atomic mass is 16.5. The molecule has 1 N–H and O–H groups in total. The van der Waals surface area contributed by atoms with Gasteiger partial charge in [-0.15, -0.1) is 0 Å². The van der Waals surface area contributed by atoms with Gasteiger partial charge in [0, 0.05) is 11.3 Å². The SMILES string of the molecule is CC1=CC[C@@H](C[C@H]2Nc3ccccc3C(c3ccccc3)(c3ccccc3)O2)C1(C)C. The van der Waals surface area contributed by atoms with Crippen molar-refractivity contribution in [2.45, 2.75) is 45.4 Å². The molecule has 1 aliphatic heterocycles. The summed E-state index contributed by atoms with van der Waals surface area (Å²) in [6.07, 6.45) is 4.42. The smallest absolute Gasteiger partial charge is 0.148 e. The highest BCUT2D eigenvalue weighted by Crippen LogP contribution is 2.50. The Balaban J connectivity index is 1.63. The fraction of sp³-hybridized carbons (Fsp3) is 0.310. The summed E-state index contributed by atoms with van der Waals surface area (Å²) in [6.45, 7) is 7.01. The van der Waals surface area contributed by atoms with Crippen LogP contribution in [0.2, 0.25) is 0 Å². The van der Waals surface area contributed by atoms with Crippen molar-refractivity contribution in [2.24, 2.45) is 11.3 Å². The summed E-state index contributed by atoms with van der Waals surface area (Å²) in [5.74, 6) is 0.555. The molecule has 0 saturated heterocycles. The summed E-state index contributed by atoms with van der Waals surface area (Å²) < 4.78 is 7.13. The van der Waals surface area contributed by atoms with E-state index in [9.17, 15) is 0 Å². The van der Waals surface area contributed by atoms with Gasteiger partial charge in [0.2, 0.25) is 0 Å². The maximum Gasteiger partial charge on any atom is 0.148 e. The number of anilines is 1. The molecule has 2 heteroatoms. The standard InChI is InChI=1S/C29H31NO/c1-21-18-19-24(28(21,2)3)20-27-30-26-17-11-10-16-25(26)29(31-27,22-12-6-4-7-13-22)23-14-8-5-9-15-23/h4-18,24,27,30H,19-20H2,1-3H3/t24-,27-/m0/s1. The van der Waals surface area contributed by atoms with E-state index in [4.69, 9.17) is 4.74 Å². The molecule has 5 rings (SSSR count). The lowest BCUT2D eigenvalue weighted by Gasteiger charge is -2.45. The van der Waals surface area contributed by atoms with Gasteiger partial charge in [-0.1, -0.05) is 104 Å². The summed E-state index contributed by atoms with van der Waals surface area (Å²) >= 11 is 0. The normalized spacial score (nSPS) is 23.5. The summed E-state index contributed by atoms with van der Waals surface area (Å²) in [5.41, 5.74) is 5.71. The number of benzene rings is 3. The minimum Gasteiger partial charge on any atom is -0.360 e. The van der Waals surface area contributed by atoms with Crippen LogP contribution in [0.1, 0.15) is 50.3 Å². The highest BCUT2D eigenvalue weighted by molar-refractivity contribution is 5.63. The van der Waals surface area contributed by atoms with Crippen LogP contribution in [0.3, 0.4) is 0 Å². The Hall–Kier alpha value is -2.84. The molecule has 2 nitrogen and oxygen atoms in total. The van der Waals surface area contributed by atoms with Crippen molar-refractivity contribution in [3.05, 3.63) is 113 Å². The van der Waals surface area contributed by atoms with E-state index in [2.05, 4.69) is 117 Å². The molecule has 1 heterocycles. The molecule has 0 aromatic heterocycles. The second-order valence-corrected chi connectivity index (χ2v) is 9.49. The highest BCUT2D eigenvalue weighted by Gasteiger charge is 2.46. The molecule has 0 amide bonds. The van der Waals surface area contributed by atoms with Crippen LogP contribution in [-0.2, 0) is 10.3 Å². The third kappa shape index (κ3) is 3.30. The van der Waals surface area contributed by atoms with Gasteiger partial charge >= 0.3 is 0 Å². The average Bonchev–Trinajstić information content (AvgIpc) is 3.06. The molecule has 0 unspecified atom stereocenters. The molecule has 31 heavy (non-hydrogen) atoms. The number of hydrogen-bond acceptors (Lipinski definition) is 2. The zero-order valence-corrected chi connectivity index (χ0v) is 18.6. The zero-order chi connectivity index (χ0) is 21.5. The van der Waals surface area contributed by atoms with E-state index < -0.39 is 5.60 Å². The molecule has 2 atom stereocenters. The first kappa shape index (κ1) is 20.1. The van der Waals surface area contributed by atoms with Crippen molar-refractivity contribution >= 4 is 5.69 Å². The first-order chi connectivity index (χ1) is 15.0. The van der Waals surface area contributed by atoms with Crippen molar-refractivity contribution < 1.29 is 4.74 Å². The van der Waals surface area contributed by atoms with Gasteiger partial charge in [0.1, 0.15) is 11.8 Å². The zero-order valence-electron chi connectivity index (χ0n) is 18.6. The summed E-state index contributed by atoms with van der Waals surface area (Å²) in [7, 11) is 0. The Morgan fingerprint density at radius 2 is 1.42 bits per heavy atom. The van der Waals surface area contributed by atoms with Gasteiger partial charge in [0.05, 0.1) is 0 Å². The quantitative estimate of drug-likeness (QED) is 0.463. The van der Waals surface area contributed by atoms with E-state index in [1.165, 1.54) is 22.3 Å². The van der Waals surface area contributed by atoms with Crippen LogP contribution in [0.15, 0.2) is 96.6 Å². The van der Waals surface area contributed by atoms with Gasteiger partial charge in [-0.2, -0.15) is 0 Å². The van der Waals surface area contributed by atoms with E-state index in [1.54, 1.807) is 0 Å². The van der Waals surface area contributed by atoms with Crippen molar-refractivity contribution in [3.63, 3.8) is 0 Å². The fourth-order valence-corrected chi connectivity index (χ4v) is 5.31. The predicted octanol–water partition coefficient (Wildman–Crippen LogP) is 7.13. The second kappa shape index (κ2) is 7.69. The molecular weight excluding hydrogens is 378 g/mol. The van der Waals surface area contributed by atoms with Gasteiger partial charge in [0.15, 0.2) is 0 Å². The molecule has 3 aromatic carbocycles. The molecule has 158 valence electrons. The Labute approximate surface area is 186 Å². The second-order valence-electron chi connectivity index (χ2n) is 9.49. The minimum absolute atomic E-state index is 0.0705. The summed E-state index contributed by atoms with van der Waals surface area (Å²) in [4.78, 5) is 0. The van der Waals surface area contributed by atoms with Crippen LogP contribution in [0.4, 0.5) is 5.69 Å². The number of fused-ring (bicyclic) bond motifs is 1. The third-order valence-corrected chi connectivity index (χ3v) is 7.55. The van der Waals surface area contributed by atoms with E-state index in [-0.39, 0.29) is 11.6 Å². The van der Waals surface area contributed by atoms with E-state index >= 15 is 0 Å². The van der Waals surface area contributed by atoms with Crippen LogP contribution in [0.25, 0.3) is 0 Å². The average molecular weight is 410 g/mol. The summed E-state index contributed by atoms with van der Waals surface area (Å²) in [6, 6.07) is 29.9. The number of rotatable bonds is 4. The molecule has 1 aliphatic carbocycles. The molecule has 0 bridgehead atoms. The largest absolute Gasteiger partial charge is 0.360 e. The maximum atomic E-state index is 7.13. The van der Waals surface area contributed by atoms with E-state index in [1.807, 2.05) is 0 Å². The van der Waals surface area contributed by atoms with Crippen molar-refractivity contribution in [3.8, 4) is 0 Å². The molecule has 3 aromatic rings. The third-order valence-electron chi connectivity index (χ3n) is 7.55. The molecule has 0 saturated carbocycles. The Morgan fingerprint density at radius 1 is 0.839 bits per heavy atom. The number of ether oxygens (including phenoxy) is 1. The molecular formula is C29H31NO. The van der Waals surface area contributed by atoms with Crippen molar-refractivity contribution in [1.29, 1.82) is 0 Å². The first-order valence-electron chi connectivity index (χ1n) is 11.3. The lowest BCUT2D eigenvalue weighted by Crippen LogP contribution is -2.45. The van der Waals surface area contributed by atoms with Crippen LogP contribution in [0, 0.1) is 11.3 Å². The van der Waals surface area contributed by atoms with Gasteiger partial charge in [0.25, 0.3) is 0 Å². The van der Waals surface area contributed by atoms with Gasteiger partial charge in [-0.25, -0.2) is 0 Å². The Kier molecular flexibility index (Phi) is 4.98. The molecule has 0 spiro atoms. The summed E-state index contributed by atoms with van der Waals surface area (Å²) in [5, 5.41) is 3.73. The molecule has 2 aliphatic rings. The number of para-hydroxylation sites is 1. The number of allylic oxidation sites excluding steroid dienone is 2.